The number of cyclic esters (lactones) is 1. The highest BCUT2D eigenvalue weighted by Crippen LogP contribution is 2.24. The van der Waals surface area contributed by atoms with Crippen LogP contribution < -0.4 is 4.74 Å². The van der Waals surface area contributed by atoms with Gasteiger partial charge in [0.15, 0.2) is 0 Å². The average molecular weight is 234 g/mol. The number of carbonyl (C=O) groups is 1. The number of aliphatic hydroxyl groups excluding tert-OH is 1. The zero-order valence-electron chi connectivity index (χ0n) is 9.60. The van der Waals surface area contributed by atoms with Crippen molar-refractivity contribution in [1.29, 1.82) is 0 Å². The van der Waals surface area contributed by atoms with Gasteiger partial charge in [-0.05, 0) is 24.1 Å². The van der Waals surface area contributed by atoms with Crippen molar-refractivity contribution in [3.05, 3.63) is 41.2 Å². The van der Waals surface area contributed by atoms with E-state index in [2.05, 4.69) is 0 Å². The Labute approximate surface area is 99.5 Å². The quantitative estimate of drug-likeness (QED) is 0.803. The lowest BCUT2D eigenvalue weighted by Gasteiger charge is -2.10. The van der Waals surface area contributed by atoms with Crippen molar-refractivity contribution < 1.29 is 19.4 Å². The predicted octanol–water partition coefficient (Wildman–Crippen LogP) is 1.56. The molecule has 90 valence electrons. The Bertz CT molecular complexity index is 462. The highest BCUT2D eigenvalue weighted by atomic mass is 16.6. The normalized spacial score (nSPS) is 14.5. The molecule has 0 aliphatic carbocycles. The van der Waals surface area contributed by atoms with Crippen LogP contribution in [-0.2, 0) is 22.6 Å². The number of esters is 1. The van der Waals surface area contributed by atoms with Crippen LogP contribution >= 0.6 is 0 Å². The van der Waals surface area contributed by atoms with E-state index in [9.17, 15) is 9.90 Å². The van der Waals surface area contributed by atoms with E-state index in [1.807, 2.05) is 19.1 Å². The Hall–Kier alpha value is -1.81. The highest BCUT2D eigenvalue weighted by Gasteiger charge is 2.20. The molecule has 0 bridgehead atoms. The molecule has 1 aromatic rings. The number of aliphatic hydroxyl groups is 1. The summed E-state index contributed by atoms with van der Waals surface area (Å²) in [5.41, 5.74) is 1.79. The first-order valence-corrected chi connectivity index (χ1v) is 5.52. The summed E-state index contributed by atoms with van der Waals surface area (Å²) in [6, 6.07) is 5.54. The van der Waals surface area contributed by atoms with Crippen LogP contribution in [0.5, 0.6) is 5.75 Å². The molecule has 4 heteroatoms. The van der Waals surface area contributed by atoms with Crippen molar-refractivity contribution in [2.24, 2.45) is 0 Å². The summed E-state index contributed by atoms with van der Waals surface area (Å²) < 4.78 is 10.2. The molecule has 1 aliphatic heterocycles. The Morgan fingerprint density at radius 3 is 2.88 bits per heavy atom. The molecule has 1 aliphatic rings. The molecule has 0 saturated carbocycles. The van der Waals surface area contributed by atoms with E-state index in [-0.39, 0.29) is 19.0 Å². The lowest BCUT2D eigenvalue weighted by molar-refractivity contribution is -0.138. The van der Waals surface area contributed by atoms with Gasteiger partial charge >= 0.3 is 5.97 Å². The third-order valence-corrected chi connectivity index (χ3v) is 2.61. The van der Waals surface area contributed by atoms with E-state index in [0.717, 1.165) is 12.0 Å². The van der Waals surface area contributed by atoms with Crippen molar-refractivity contribution in [3.63, 3.8) is 0 Å². The fraction of sp³-hybridized carbons (Fsp3) is 0.308. The molecule has 4 nitrogen and oxygen atoms in total. The number of rotatable bonds is 4. The summed E-state index contributed by atoms with van der Waals surface area (Å²) in [5.74, 6) is 0.215. The lowest BCUT2D eigenvalue weighted by Crippen LogP contribution is -2.07. The molecule has 0 unspecified atom stereocenters. The second-order valence-corrected chi connectivity index (χ2v) is 3.72. The molecule has 0 amide bonds. The lowest BCUT2D eigenvalue weighted by atomic mass is 10.1. The Morgan fingerprint density at radius 1 is 1.47 bits per heavy atom. The van der Waals surface area contributed by atoms with Crippen LogP contribution in [0, 0.1) is 0 Å². The van der Waals surface area contributed by atoms with Crippen molar-refractivity contribution >= 4 is 5.97 Å². The maximum absolute atomic E-state index is 11.2. The first-order chi connectivity index (χ1) is 8.24. The fourth-order valence-corrected chi connectivity index (χ4v) is 1.63. The average Bonchev–Trinajstić information content (AvgIpc) is 2.75. The minimum Gasteiger partial charge on any atom is -0.455 e. The van der Waals surface area contributed by atoms with Crippen LogP contribution in [0.1, 0.15) is 18.1 Å². The minimum atomic E-state index is -0.464. The fourth-order valence-electron chi connectivity index (χ4n) is 1.63. The molecular weight excluding hydrogens is 220 g/mol. The van der Waals surface area contributed by atoms with Crippen LogP contribution in [-0.4, -0.2) is 17.7 Å². The maximum Gasteiger partial charge on any atom is 0.374 e. The Kier molecular flexibility index (Phi) is 3.44. The number of benzene rings is 1. The van der Waals surface area contributed by atoms with Crippen LogP contribution in [0.2, 0.25) is 0 Å². The van der Waals surface area contributed by atoms with Crippen molar-refractivity contribution in [3.8, 4) is 5.75 Å². The molecule has 0 radical (unpaired) electrons. The summed E-state index contributed by atoms with van der Waals surface area (Å²) in [7, 11) is 0. The number of hydrogen-bond acceptors (Lipinski definition) is 4. The van der Waals surface area contributed by atoms with Gasteiger partial charge in [0.1, 0.15) is 12.4 Å². The summed E-state index contributed by atoms with van der Waals surface area (Å²) in [5, 5.41) is 9.26. The Balaban J connectivity index is 2.23. The van der Waals surface area contributed by atoms with Gasteiger partial charge < -0.3 is 14.6 Å². The number of hydrogen-bond donors (Lipinski definition) is 1. The smallest absolute Gasteiger partial charge is 0.374 e. The molecule has 0 aromatic heterocycles. The summed E-state index contributed by atoms with van der Waals surface area (Å²) in [6.07, 6.45) is 2.47. The van der Waals surface area contributed by atoms with Gasteiger partial charge in [0.2, 0.25) is 5.76 Å². The van der Waals surface area contributed by atoms with Gasteiger partial charge in [-0.1, -0.05) is 13.0 Å². The SMILES string of the molecule is CCc1ccc(OC2=CCOC2=O)c(CO)c1. The van der Waals surface area contributed by atoms with Crippen LogP contribution in [0.15, 0.2) is 30.0 Å². The summed E-state index contributed by atoms with van der Waals surface area (Å²) in [4.78, 5) is 11.2. The molecule has 0 fully saturated rings. The van der Waals surface area contributed by atoms with Gasteiger partial charge in [-0.2, -0.15) is 0 Å². The van der Waals surface area contributed by atoms with E-state index in [1.54, 1.807) is 12.1 Å². The van der Waals surface area contributed by atoms with Crippen molar-refractivity contribution in [2.75, 3.05) is 6.61 Å². The summed E-state index contributed by atoms with van der Waals surface area (Å²) >= 11 is 0. The third kappa shape index (κ3) is 2.47. The molecule has 0 saturated heterocycles. The van der Waals surface area contributed by atoms with E-state index < -0.39 is 5.97 Å². The monoisotopic (exact) mass is 234 g/mol. The van der Waals surface area contributed by atoms with Gasteiger partial charge in [0.25, 0.3) is 0 Å². The maximum atomic E-state index is 11.2. The van der Waals surface area contributed by atoms with Crippen LogP contribution in [0.4, 0.5) is 0 Å². The van der Waals surface area contributed by atoms with Crippen molar-refractivity contribution in [2.45, 2.75) is 20.0 Å². The number of ether oxygens (including phenoxy) is 2. The number of aryl methyl sites for hydroxylation is 1. The first kappa shape index (κ1) is 11.7. The second-order valence-electron chi connectivity index (χ2n) is 3.72. The molecule has 0 spiro atoms. The molecule has 2 rings (SSSR count). The van der Waals surface area contributed by atoms with E-state index in [0.29, 0.717) is 11.3 Å². The van der Waals surface area contributed by atoms with E-state index in [1.165, 1.54) is 0 Å². The molecular formula is C13H14O4. The number of carbonyl (C=O) groups excluding carboxylic acids is 1. The van der Waals surface area contributed by atoms with Crippen LogP contribution in [0.3, 0.4) is 0 Å². The van der Waals surface area contributed by atoms with Crippen molar-refractivity contribution in [1.82, 2.24) is 0 Å². The molecule has 1 N–H and O–H groups in total. The Morgan fingerprint density at radius 2 is 2.29 bits per heavy atom. The summed E-state index contributed by atoms with van der Waals surface area (Å²) in [6.45, 7) is 2.16. The standard InChI is InChI=1S/C13H14O4/c1-2-9-3-4-11(10(7-9)8-14)17-12-5-6-16-13(12)15/h3-5,7,14H,2,6,8H2,1H3. The van der Waals surface area contributed by atoms with Gasteiger partial charge in [0, 0.05) is 11.6 Å². The van der Waals surface area contributed by atoms with Gasteiger partial charge in [-0.3, -0.25) is 0 Å². The zero-order chi connectivity index (χ0) is 12.3. The van der Waals surface area contributed by atoms with Gasteiger partial charge in [-0.25, -0.2) is 4.79 Å². The third-order valence-electron chi connectivity index (χ3n) is 2.61. The molecule has 17 heavy (non-hydrogen) atoms. The zero-order valence-corrected chi connectivity index (χ0v) is 9.60. The molecule has 1 aromatic carbocycles. The van der Waals surface area contributed by atoms with E-state index >= 15 is 0 Å². The second kappa shape index (κ2) is 5.01. The molecule has 0 atom stereocenters. The van der Waals surface area contributed by atoms with Crippen LogP contribution in [0.25, 0.3) is 0 Å². The van der Waals surface area contributed by atoms with Gasteiger partial charge in [0.05, 0.1) is 6.61 Å². The molecule has 1 heterocycles. The minimum absolute atomic E-state index is 0.120. The topological polar surface area (TPSA) is 55.8 Å². The predicted molar refractivity (Wildman–Crippen MR) is 61.4 cm³/mol. The highest BCUT2D eigenvalue weighted by molar-refractivity contribution is 5.88. The first-order valence-electron chi connectivity index (χ1n) is 5.52. The van der Waals surface area contributed by atoms with Gasteiger partial charge in [-0.15, -0.1) is 0 Å². The largest absolute Gasteiger partial charge is 0.455 e. The van der Waals surface area contributed by atoms with E-state index in [4.69, 9.17) is 9.47 Å².